The molecule has 2 unspecified atom stereocenters. The quantitative estimate of drug-likeness (QED) is 0.296. The van der Waals surface area contributed by atoms with Gasteiger partial charge in [-0.1, -0.05) is 35.9 Å². The number of H-pyrrole nitrogens is 1. The average Bonchev–Trinajstić information content (AvgIpc) is 3.20. The van der Waals surface area contributed by atoms with Gasteiger partial charge < -0.3 is 10.3 Å². The van der Waals surface area contributed by atoms with Crippen molar-refractivity contribution in [3.8, 4) is 11.1 Å². The number of hydrogen-bond donors (Lipinski definition) is 2. The third-order valence-corrected chi connectivity index (χ3v) is 8.55. The maximum atomic E-state index is 13.5. The van der Waals surface area contributed by atoms with Crippen molar-refractivity contribution in [2.24, 2.45) is 0 Å². The third-order valence-electron chi connectivity index (χ3n) is 6.44. The molecular weight excluding hydrogens is 499 g/mol. The van der Waals surface area contributed by atoms with Gasteiger partial charge in [-0.15, -0.1) is 0 Å². The molecule has 0 aliphatic carbocycles. The summed E-state index contributed by atoms with van der Waals surface area (Å²) in [6.45, 7) is 2.83. The molecule has 0 bridgehead atoms. The van der Waals surface area contributed by atoms with E-state index in [4.69, 9.17) is 0 Å². The second-order valence-electron chi connectivity index (χ2n) is 8.72. The minimum Gasteiger partial charge on any atom is -0.357 e. The van der Waals surface area contributed by atoms with Crippen LogP contribution in [0.1, 0.15) is 29.7 Å². The van der Waals surface area contributed by atoms with E-state index in [9.17, 15) is 8.60 Å². The molecular formula is C27H26BrFN2OS. The lowest BCUT2D eigenvalue weighted by molar-refractivity contribution is 0.447. The smallest absolute Gasteiger partial charge is 0.123 e. The van der Waals surface area contributed by atoms with Crippen LogP contribution in [-0.4, -0.2) is 21.0 Å². The topological polar surface area (TPSA) is 44.9 Å². The summed E-state index contributed by atoms with van der Waals surface area (Å²) in [7, 11) is -0.951. The van der Waals surface area contributed by atoms with Crippen LogP contribution in [0, 0.1) is 12.7 Å². The van der Waals surface area contributed by atoms with Crippen LogP contribution in [0.2, 0.25) is 0 Å². The fourth-order valence-corrected chi connectivity index (χ4v) is 6.20. The molecule has 1 aliphatic rings. The highest BCUT2D eigenvalue weighted by molar-refractivity contribution is 9.10. The Morgan fingerprint density at radius 3 is 2.58 bits per heavy atom. The Kier molecular flexibility index (Phi) is 6.50. The molecule has 0 amide bonds. The van der Waals surface area contributed by atoms with E-state index in [1.807, 2.05) is 49.4 Å². The zero-order valence-corrected chi connectivity index (χ0v) is 20.9. The Bertz CT molecular complexity index is 1310. The molecule has 33 heavy (non-hydrogen) atoms. The van der Waals surface area contributed by atoms with Gasteiger partial charge in [-0.25, -0.2) is 4.39 Å². The molecule has 170 valence electrons. The van der Waals surface area contributed by atoms with Crippen LogP contribution in [0.3, 0.4) is 0 Å². The molecule has 0 saturated carbocycles. The molecule has 6 heteroatoms. The minimum atomic E-state index is -0.951. The Morgan fingerprint density at radius 2 is 1.82 bits per heavy atom. The third kappa shape index (κ3) is 4.70. The largest absolute Gasteiger partial charge is 0.357 e. The number of aryl methyl sites for hydroxylation is 1. The van der Waals surface area contributed by atoms with Gasteiger partial charge in [0, 0.05) is 45.2 Å². The van der Waals surface area contributed by atoms with E-state index in [0.717, 1.165) is 51.8 Å². The molecule has 2 heterocycles. The number of rotatable bonds is 6. The van der Waals surface area contributed by atoms with Gasteiger partial charge in [-0.2, -0.15) is 0 Å². The number of hydrogen-bond acceptors (Lipinski definition) is 2. The average molecular weight is 525 g/mol. The first-order valence-corrected chi connectivity index (χ1v) is 13.4. The van der Waals surface area contributed by atoms with E-state index in [-0.39, 0.29) is 5.82 Å². The standard InChI is InChI=1S/C27H26BrFN2OS/c1-17-4-10-21(11-5-17)33(32)14-2-3-20-15-25-23(16-30-20)26-22(12-13-24(28)27(26)31-25)18-6-8-19(29)9-7-18/h4-13,20,30-31H,2-3,14-16H2,1H3. The number of halogens is 2. The molecule has 2 atom stereocenters. The lowest BCUT2D eigenvalue weighted by atomic mass is 9.94. The Hall–Kier alpha value is -2.28. The predicted octanol–water partition coefficient (Wildman–Crippen LogP) is 6.65. The van der Waals surface area contributed by atoms with Crippen molar-refractivity contribution in [2.45, 2.75) is 43.7 Å². The maximum absolute atomic E-state index is 13.5. The Labute approximate surface area is 204 Å². The second-order valence-corrected chi connectivity index (χ2v) is 11.1. The van der Waals surface area contributed by atoms with Crippen LogP contribution in [-0.2, 0) is 23.8 Å². The van der Waals surface area contributed by atoms with Crippen LogP contribution in [0.25, 0.3) is 22.0 Å². The van der Waals surface area contributed by atoms with Crippen LogP contribution in [0.4, 0.5) is 4.39 Å². The molecule has 0 radical (unpaired) electrons. The lowest BCUT2D eigenvalue weighted by Crippen LogP contribution is -2.35. The van der Waals surface area contributed by atoms with Crippen molar-refractivity contribution in [2.75, 3.05) is 5.75 Å². The Morgan fingerprint density at radius 1 is 1.06 bits per heavy atom. The van der Waals surface area contributed by atoms with Gasteiger partial charge in [-0.3, -0.25) is 4.21 Å². The first kappa shape index (κ1) is 22.5. The van der Waals surface area contributed by atoms with E-state index in [1.165, 1.54) is 34.3 Å². The number of aromatic nitrogens is 1. The molecule has 0 fully saturated rings. The number of fused-ring (bicyclic) bond motifs is 3. The first-order valence-electron chi connectivity index (χ1n) is 11.3. The van der Waals surface area contributed by atoms with E-state index < -0.39 is 10.8 Å². The summed E-state index contributed by atoms with van der Waals surface area (Å²) in [5, 5.41) is 4.88. The van der Waals surface area contributed by atoms with Gasteiger partial charge in [0.25, 0.3) is 0 Å². The predicted molar refractivity (Wildman–Crippen MR) is 137 cm³/mol. The van der Waals surface area contributed by atoms with Crippen molar-refractivity contribution >= 4 is 37.6 Å². The number of aromatic amines is 1. The van der Waals surface area contributed by atoms with E-state index in [0.29, 0.717) is 11.8 Å². The van der Waals surface area contributed by atoms with Crippen molar-refractivity contribution < 1.29 is 8.60 Å². The van der Waals surface area contributed by atoms with Gasteiger partial charge in [-0.05, 0) is 82.7 Å². The number of nitrogens with one attached hydrogen (secondary N) is 2. The van der Waals surface area contributed by atoms with Crippen LogP contribution >= 0.6 is 15.9 Å². The van der Waals surface area contributed by atoms with E-state index >= 15 is 0 Å². The fraction of sp³-hybridized carbons (Fsp3) is 0.259. The molecule has 1 aromatic heterocycles. The molecule has 4 aromatic rings. The zero-order chi connectivity index (χ0) is 22.9. The first-order chi connectivity index (χ1) is 16.0. The molecule has 0 saturated heterocycles. The van der Waals surface area contributed by atoms with Crippen LogP contribution in [0.5, 0.6) is 0 Å². The highest BCUT2D eigenvalue weighted by Crippen LogP contribution is 2.38. The summed E-state index contributed by atoms with van der Waals surface area (Å²) < 4.78 is 27.1. The zero-order valence-electron chi connectivity index (χ0n) is 18.5. The van der Waals surface area contributed by atoms with Crippen molar-refractivity contribution in [1.82, 2.24) is 10.3 Å². The molecule has 1 aliphatic heterocycles. The van der Waals surface area contributed by atoms with Crippen LogP contribution in [0.15, 0.2) is 70.0 Å². The second kappa shape index (κ2) is 9.53. The van der Waals surface area contributed by atoms with Crippen molar-refractivity contribution in [1.29, 1.82) is 0 Å². The molecule has 3 nitrogen and oxygen atoms in total. The fourth-order valence-electron chi connectivity index (χ4n) is 4.67. The monoisotopic (exact) mass is 524 g/mol. The summed E-state index contributed by atoms with van der Waals surface area (Å²) in [6.07, 6.45) is 2.81. The summed E-state index contributed by atoms with van der Waals surface area (Å²) in [5.41, 5.74) is 6.93. The lowest BCUT2D eigenvalue weighted by Gasteiger charge is -2.24. The highest BCUT2D eigenvalue weighted by atomic mass is 79.9. The summed E-state index contributed by atoms with van der Waals surface area (Å²) >= 11 is 3.70. The summed E-state index contributed by atoms with van der Waals surface area (Å²) in [6, 6.07) is 19.2. The van der Waals surface area contributed by atoms with Gasteiger partial charge in [0.2, 0.25) is 0 Å². The highest BCUT2D eigenvalue weighted by Gasteiger charge is 2.24. The number of benzene rings is 3. The van der Waals surface area contributed by atoms with Crippen LogP contribution < -0.4 is 5.32 Å². The van der Waals surface area contributed by atoms with Crippen molar-refractivity contribution in [3.05, 3.63) is 87.8 Å². The molecule has 2 N–H and O–H groups in total. The van der Waals surface area contributed by atoms with Gasteiger partial charge >= 0.3 is 0 Å². The maximum Gasteiger partial charge on any atom is 0.123 e. The Balaban J connectivity index is 1.32. The summed E-state index contributed by atoms with van der Waals surface area (Å²) in [4.78, 5) is 4.56. The van der Waals surface area contributed by atoms with E-state index in [1.54, 1.807) is 0 Å². The SMILES string of the molecule is Cc1ccc(S(=O)CCCC2Cc3[nH]c4c(Br)ccc(-c5ccc(F)cc5)c4c3CN2)cc1. The molecule has 5 rings (SSSR count). The molecule has 0 spiro atoms. The summed E-state index contributed by atoms with van der Waals surface area (Å²) in [5.74, 6) is 0.456. The van der Waals surface area contributed by atoms with Gasteiger partial charge in [0.05, 0.1) is 16.3 Å². The van der Waals surface area contributed by atoms with Gasteiger partial charge in [0.1, 0.15) is 5.82 Å². The van der Waals surface area contributed by atoms with E-state index in [2.05, 4.69) is 32.3 Å². The molecule has 3 aromatic carbocycles. The van der Waals surface area contributed by atoms with Crippen molar-refractivity contribution in [3.63, 3.8) is 0 Å². The normalized spacial score (nSPS) is 16.6. The minimum absolute atomic E-state index is 0.226. The van der Waals surface area contributed by atoms with Gasteiger partial charge in [0.15, 0.2) is 0 Å².